The highest BCUT2D eigenvalue weighted by molar-refractivity contribution is 5.73. The number of aliphatic hydroxyl groups excluding tert-OH is 1. The van der Waals surface area contributed by atoms with Crippen molar-refractivity contribution in [1.29, 1.82) is 0 Å². The standard InChI is InChI=1S/C8H15NO5/c9-6(8(11)12)3-5(10)4-7-13-1-2-14-7/h5-7,10H,1-4,9H2,(H,11,12). The average molecular weight is 205 g/mol. The predicted octanol–water partition coefficient (Wildman–Crippen LogP) is -1.09. The van der Waals surface area contributed by atoms with Gasteiger partial charge in [0.2, 0.25) is 0 Å². The van der Waals surface area contributed by atoms with E-state index in [2.05, 4.69) is 0 Å². The molecule has 0 amide bonds. The molecule has 6 nitrogen and oxygen atoms in total. The third kappa shape index (κ3) is 3.59. The van der Waals surface area contributed by atoms with E-state index in [0.717, 1.165) is 0 Å². The van der Waals surface area contributed by atoms with Gasteiger partial charge in [0.1, 0.15) is 6.04 Å². The molecule has 14 heavy (non-hydrogen) atoms. The fourth-order valence-electron chi connectivity index (χ4n) is 1.26. The number of aliphatic hydroxyl groups is 1. The molecule has 0 aromatic heterocycles. The Hall–Kier alpha value is -0.690. The quantitative estimate of drug-likeness (QED) is 0.527. The van der Waals surface area contributed by atoms with Crippen molar-refractivity contribution in [2.45, 2.75) is 31.3 Å². The van der Waals surface area contributed by atoms with Crippen molar-refractivity contribution < 1.29 is 24.5 Å². The van der Waals surface area contributed by atoms with Crippen LogP contribution in [0.15, 0.2) is 0 Å². The van der Waals surface area contributed by atoms with Gasteiger partial charge in [0.25, 0.3) is 0 Å². The van der Waals surface area contributed by atoms with Gasteiger partial charge in [0, 0.05) is 6.42 Å². The van der Waals surface area contributed by atoms with Crippen LogP contribution in [0.4, 0.5) is 0 Å². The Labute approximate surface area is 81.6 Å². The molecule has 0 spiro atoms. The zero-order valence-corrected chi connectivity index (χ0v) is 7.76. The van der Waals surface area contributed by atoms with E-state index in [4.69, 9.17) is 20.3 Å². The molecule has 4 N–H and O–H groups in total. The number of hydrogen-bond acceptors (Lipinski definition) is 5. The molecule has 2 atom stereocenters. The molecule has 0 saturated carbocycles. The van der Waals surface area contributed by atoms with Gasteiger partial charge in [-0.15, -0.1) is 0 Å². The molecular weight excluding hydrogens is 190 g/mol. The second kappa shape index (κ2) is 5.26. The molecule has 1 fully saturated rings. The molecule has 0 bridgehead atoms. The summed E-state index contributed by atoms with van der Waals surface area (Å²) in [6.45, 7) is 1.03. The topological polar surface area (TPSA) is 102 Å². The molecular formula is C8H15NO5. The second-order valence-corrected chi connectivity index (χ2v) is 3.24. The summed E-state index contributed by atoms with van der Waals surface area (Å²) in [6.07, 6.45) is -0.949. The van der Waals surface area contributed by atoms with Crippen LogP contribution < -0.4 is 5.73 Å². The van der Waals surface area contributed by atoms with Gasteiger partial charge in [0.05, 0.1) is 19.3 Å². The monoisotopic (exact) mass is 205 g/mol. The molecule has 1 aliphatic rings. The van der Waals surface area contributed by atoms with E-state index in [1.807, 2.05) is 0 Å². The van der Waals surface area contributed by atoms with Crippen LogP contribution in [0.2, 0.25) is 0 Å². The van der Waals surface area contributed by atoms with Crippen molar-refractivity contribution in [2.75, 3.05) is 13.2 Å². The molecule has 1 saturated heterocycles. The SMILES string of the molecule is NC(CC(O)CC1OCCO1)C(=O)O. The van der Waals surface area contributed by atoms with E-state index in [1.165, 1.54) is 0 Å². The summed E-state index contributed by atoms with van der Waals surface area (Å²) in [6, 6.07) is -1.04. The molecule has 0 radical (unpaired) electrons. The normalized spacial score (nSPS) is 22.1. The van der Waals surface area contributed by atoms with Crippen molar-refractivity contribution >= 4 is 5.97 Å². The maximum absolute atomic E-state index is 10.4. The maximum Gasteiger partial charge on any atom is 0.320 e. The van der Waals surface area contributed by atoms with Gasteiger partial charge in [-0.05, 0) is 6.42 Å². The highest BCUT2D eigenvalue weighted by atomic mass is 16.7. The van der Waals surface area contributed by atoms with Crippen LogP contribution in [0, 0.1) is 0 Å². The molecule has 6 heteroatoms. The number of hydrogen-bond donors (Lipinski definition) is 3. The minimum Gasteiger partial charge on any atom is -0.480 e. The first-order valence-corrected chi connectivity index (χ1v) is 4.49. The summed E-state index contributed by atoms with van der Waals surface area (Å²) in [5.41, 5.74) is 5.25. The second-order valence-electron chi connectivity index (χ2n) is 3.24. The van der Waals surface area contributed by atoms with Crippen molar-refractivity contribution in [3.63, 3.8) is 0 Å². The molecule has 1 aliphatic heterocycles. The zero-order valence-electron chi connectivity index (χ0n) is 7.76. The molecule has 0 aromatic rings. The number of ether oxygens (including phenoxy) is 2. The molecule has 0 aliphatic carbocycles. The summed E-state index contributed by atoms with van der Waals surface area (Å²) in [5.74, 6) is -1.11. The molecule has 82 valence electrons. The predicted molar refractivity (Wildman–Crippen MR) is 46.5 cm³/mol. The smallest absolute Gasteiger partial charge is 0.320 e. The average Bonchev–Trinajstić information content (AvgIpc) is 2.56. The van der Waals surface area contributed by atoms with E-state index in [9.17, 15) is 9.90 Å². The van der Waals surface area contributed by atoms with Crippen LogP contribution >= 0.6 is 0 Å². The van der Waals surface area contributed by atoms with E-state index in [-0.39, 0.29) is 12.8 Å². The first-order valence-electron chi connectivity index (χ1n) is 4.49. The van der Waals surface area contributed by atoms with Gasteiger partial charge < -0.3 is 25.4 Å². The van der Waals surface area contributed by atoms with Crippen molar-refractivity contribution in [3.8, 4) is 0 Å². The largest absolute Gasteiger partial charge is 0.480 e. The number of aliphatic carboxylic acids is 1. The summed E-state index contributed by atoms with van der Waals surface area (Å²) in [7, 11) is 0. The van der Waals surface area contributed by atoms with Crippen LogP contribution in [0.25, 0.3) is 0 Å². The zero-order chi connectivity index (χ0) is 10.6. The minimum atomic E-state index is -1.11. The highest BCUT2D eigenvalue weighted by Gasteiger charge is 2.23. The maximum atomic E-state index is 10.4. The van der Waals surface area contributed by atoms with Crippen LogP contribution in [-0.2, 0) is 14.3 Å². The Balaban J connectivity index is 2.20. The number of nitrogens with two attached hydrogens (primary N) is 1. The van der Waals surface area contributed by atoms with Crippen LogP contribution in [0.3, 0.4) is 0 Å². The number of carboxylic acids is 1. The van der Waals surface area contributed by atoms with Gasteiger partial charge in [-0.1, -0.05) is 0 Å². The lowest BCUT2D eigenvalue weighted by Gasteiger charge is -2.16. The molecule has 1 heterocycles. The third-order valence-electron chi connectivity index (χ3n) is 2.00. The first kappa shape index (κ1) is 11.4. The first-order chi connectivity index (χ1) is 6.59. The van der Waals surface area contributed by atoms with E-state index >= 15 is 0 Å². The molecule has 0 aromatic carbocycles. The van der Waals surface area contributed by atoms with Gasteiger partial charge in [0.15, 0.2) is 6.29 Å². The van der Waals surface area contributed by atoms with Crippen LogP contribution in [0.5, 0.6) is 0 Å². The Kier molecular flexibility index (Phi) is 4.27. The lowest BCUT2D eigenvalue weighted by molar-refractivity contribution is -0.139. The molecule has 2 unspecified atom stereocenters. The fraction of sp³-hybridized carbons (Fsp3) is 0.875. The Morgan fingerprint density at radius 3 is 2.57 bits per heavy atom. The number of carboxylic acid groups (broad SMARTS) is 1. The van der Waals surface area contributed by atoms with Crippen molar-refractivity contribution in [2.24, 2.45) is 5.73 Å². The van der Waals surface area contributed by atoms with Gasteiger partial charge in [-0.3, -0.25) is 4.79 Å². The number of rotatable bonds is 5. The van der Waals surface area contributed by atoms with E-state index in [1.54, 1.807) is 0 Å². The summed E-state index contributed by atoms with van der Waals surface area (Å²) < 4.78 is 10.2. The van der Waals surface area contributed by atoms with Crippen molar-refractivity contribution in [3.05, 3.63) is 0 Å². The van der Waals surface area contributed by atoms with E-state index < -0.39 is 24.4 Å². The van der Waals surface area contributed by atoms with Crippen molar-refractivity contribution in [1.82, 2.24) is 0 Å². The van der Waals surface area contributed by atoms with Crippen LogP contribution in [-0.4, -0.2) is 47.8 Å². The lowest BCUT2D eigenvalue weighted by Crippen LogP contribution is -2.35. The number of carbonyl (C=O) groups is 1. The Bertz CT molecular complexity index is 192. The molecule has 1 rings (SSSR count). The summed E-state index contributed by atoms with van der Waals surface area (Å²) in [4.78, 5) is 10.4. The minimum absolute atomic E-state index is 0.0125. The highest BCUT2D eigenvalue weighted by Crippen LogP contribution is 2.12. The third-order valence-corrected chi connectivity index (χ3v) is 2.00. The van der Waals surface area contributed by atoms with Crippen LogP contribution in [0.1, 0.15) is 12.8 Å². The van der Waals surface area contributed by atoms with Gasteiger partial charge >= 0.3 is 5.97 Å². The van der Waals surface area contributed by atoms with Gasteiger partial charge in [-0.25, -0.2) is 0 Å². The lowest BCUT2D eigenvalue weighted by atomic mass is 10.1. The van der Waals surface area contributed by atoms with Gasteiger partial charge in [-0.2, -0.15) is 0 Å². The Morgan fingerprint density at radius 1 is 1.50 bits per heavy atom. The summed E-state index contributed by atoms with van der Waals surface area (Å²) >= 11 is 0. The Morgan fingerprint density at radius 2 is 2.07 bits per heavy atom. The van der Waals surface area contributed by atoms with E-state index in [0.29, 0.717) is 13.2 Å². The fourth-order valence-corrected chi connectivity index (χ4v) is 1.26. The summed E-state index contributed by atoms with van der Waals surface area (Å²) in [5, 5.41) is 17.9.